The minimum atomic E-state index is 0.398. The molecule has 4 aromatic rings. The van der Waals surface area contributed by atoms with Crippen molar-refractivity contribution < 1.29 is 9.05 Å². The molecule has 0 saturated heterocycles. The van der Waals surface area contributed by atoms with Crippen molar-refractivity contribution in [2.75, 3.05) is 0 Å². The fourth-order valence-corrected chi connectivity index (χ4v) is 2.43. The summed E-state index contributed by atoms with van der Waals surface area (Å²) in [5, 5.41) is 8.95. The second-order valence-corrected chi connectivity index (χ2v) is 5.05. The highest BCUT2D eigenvalue weighted by Gasteiger charge is 2.13. The minimum Gasteiger partial charge on any atom is -0.361 e. The molecule has 4 rings (SSSR count). The second-order valence-electron chi connectivity index (χ2n) is 5.05. The van der Waals surface area contributed by atoms with E-state index in [4.69, 9.17) is 9.05 Å². The van der Waals surface area contributed by atoms with Crippen molar-refractivity contribution in [1.29, 1.82) is 0 Å². The van der Waals surface area contributed by atoms with E-state index in [1.807, 2.05) is 24.4 Å². The van der Waals surface area contributed by atoms with Gasteiger partial charge >= 0.3 is 0 Å². The van der Waals surface area contributed by atoms with Gasteiger partial charge in [-0.15, -0.1) is 0 Å². The molecule has 1 aromatic carbocycles. The first-order chi connectivity index (χ1) is 10.8. The molecule has 0 unspecified atom stereocenters. The first kappa shape index (κ1) is 12.8. The van der Waals surface area contributed by atoms with Crippen LogP contribution in [0, 0.1) is 6.92 Å². The number of aryl methyl sites for hydroxylation is 1. The number of hydrogen-bond acceptors (Lipinski definition) is 6. The molecular formula is C15H13N5O2. The minimum absolute atomic E-state index is 0.398. The molecule has 0 aliphatic carbocycles. The van der Waals surface area contributed by atoms with Gasteiger partial charge in [0.25, 0.3) is 0 Å². The van der Waals surface area contributed by atoms with Gasteiger partial charge in [0.05, 0.1) is 12.8 Å². The molecule has 0 spiro atoms. The number of rotatable bonds is 4. The van der Waals surface area contributed by atoms with Gasteiger partial charge in [0.2, 0.25) is 11.8 Å². The maximum atomic E-state index is 5.30. The molecule has 0 amide bonds. The quantitative estimate of drug-likeness (QED) is 0.621. The van der Waals surface area contributed by atoms with Crippen molar-refractivity contribution >= 4 is 10.9 Å². The first-order valence-electron chi connectivity index (χ1n) is 6.93. The van der Waals surface area contributed by atoms with Crippen LogP contribution in [0.1, 0.15) is 29.0 Å². The van der Waals surface area contributed by atoms with Crippen LogP contribution in [-0.4, -0.2) is 25.3 Å². The SMILES string of the molecule is Cc1nc(Cc2noc(Cc3c[nH]c4ccccc34)n2)no1. The number of aromatic nitrogens is 5. The van der Waals surface area contributed by atoms with Crippen LogP contribution in [0.3, 0.4) is 0 Å². The summed E-state index contributed by atoms with van der Waals surface area (Å²) in [6.45, 7) is 1.75. The number of hydrogen-bond donors (Lipinski definition) is 1. The van der Waals surface area contributed by atoms with Gasteiger partial charge in [-0.3, -0.25) is 0 Å². The van der Waals surface area contributed by atoms with E-state index in [-0.39, 0.29) is 0 Å². The van der Waals surface area contributed by atoms with Crippen LogP contribution in [0.25, 0.3) is 10.9 Å². The van der Waals surface area contributed by atoms with E-state index >= 15 is 0 Å². The van der Waals surface area contributed by atoms with Crippen LogP contribution >= 0.6 is 0 Å². The number of para-hydroxylation sites is 1. The molecule has 7 nitrogen and oxygen atoms in total. The van der Waals surface area contributed by atoms with Crippen LogP contribution in [-0.2, 0) is 12.8 Å². The lowest BCUT2D eigenvalue weighted by Gasteiger charge is -1.93. The Kier molecular flexibility index (Phi) is 2.96. The van der Waals surface area contributed by atoms with Gasteiger partial charge in [0.1, 0.15) is 0 Å². The second kappa shape index (κ2) is 5.10. The number of nitrogens with zero attached hydrogens (tertiary/aromatic N) is 4. The lowest BCUT2D eigenvalue weighted by molar-refractivity contribution is 0.377. The van der Waals surface area contributed by atoms with Crippen LogP contribution in [0.15, 0.2) is 39.5 Å². The van der Waals surface area contributed by atoms with Gasteiger partial charge in [-0.25, -0.2) is 0 Å². The summed E-state index contributed by atoms with van der Waals surface area (Å²) in [6.07, 6.45) is 2.95. The molecule has 0 aliphatic rings. The predicted molar refractivity (Wildman–Crippen MR) is 77.2 cm³/mol. The zero-order valence-electron chi connectivity index (χ0n) is 11.9. The molecular weight excluding hydrogens is 282 g/mol. The molecule has 0 atom stereocenters. The van der Waals surface area contributed by atoms with Gasteiger partial charge in [0.15, 0.2) is 11.6 Å². The number of H-pyrrole nitrogens is 1. The third-order valence-electron chi connectivity index (χ3n) is 3.41. The molecule has 0 bridgehead atoms. The van der Waals surface area contributed by atoms with Crippen LogP contribution < -0.4 is 0 Å². The number of benzene rings is 1. The van der Waals surface area contributed by atoms with E-state index < -0.39 is 0 Å². The van der Waals surface area contributed by atoms with Crippen LogP contribution in [0.2, 0.25) is 0 Å². The van der Waals surface area contributed by atoms with E-state index in [0.29, 0.717) is 36.3 Å². The van der Waals surface area contributed by atoms with Crippen molar-refractivity contribution in [2.45, 2.75) is 19.8 Å². The number of aromatic amines is 1. The largest absolute Gasteiger partial charge is 0.361 e. The topological polar surface area (TPSA) is 93.6 Å². The average Bonchev–Trinajstić information content (AvgIpc) is 3.22. The highest BCUT2D eigenvalue weighted by atomic mass is 16.5. The average molecular weight is 295 g/mol. The Bertz CT molecular complexity index is 921. The Morgan fingerprint density at radius 3 is 2.68 bits per heavy atom. The zero-order chi connectivity index (χ0) is 14.9. The summed E-state index contributed by atoms with van der Waals surface area (Å²) < 4.78 is 10.2. The van der Waals surface area contributed by atoms with Gasteiger partial charge in [-0.2, -0.15) is 9.97 Å². The Labute approximate surface area is 125 Å². The van der Waals surface area contributed by atoms with Gasteiger partial charge in [-0.05, 0) is 11.6 Å². The Morgan fingerprint density at radius 2 is 1.82 bits per heavy atom. The maximum Gasteiger partial charge on any atom is 0.231 e. The Hall–Kier alpha value is -2.96. The highest BCUT2D eigenvalue weighted by molar-refractivity contribution is 5.83. The van der Waals surface area contributed by atoms with Crippen molar-refractivity contribution in [2.24, 2.45) is 0 Å². The molecule has 0 fully saturated rings. The number of fused-ring (bicyclic) bond motifs is 1. The summed E-state index contributed by atoms with van der Waals surface area (Å²) in [4.78, 5) is 11.7. The smallest absolute Gasteiger partial charge is 0.231 e. The van der Waals surface area contributed by atoms with Crippen molar-refractivity contribution in [3.8, 4) is 0 Å². The van der Waals surface area contributed by atoms with Crippen molar-refractivity contribution in [1.82, 2.24) is 25.3 Å². The monoisotopic (exact) mass is 295 g/mol. The highest BCUT2D eigenvalue weighted by Crippen LogP contribution is 2.20. The van der Waals surface area contributed by atoms with Gasteiger partial charge in [0, 0.05) is 24.0 Å². The van der Waals surface area contributed by atoms with Crippen LogP contribution in [0.4, 0.5) is 0 Å². The maximum absolute atomic E-state index is 5.30. The molecule has 110 valence electrons. The molecule has 1 N–H and O–H groups in total. The van der Waals surface area contributed by atoms with E-state index in [2.05, 4.69) is 31.3 Å². The summed E-state index contributed by atoms with van der Waals surface area (Å²) in [6, 6.07) is 8.12. The molecule has 0 radical (unpaired) electrons. The van der Waals surface area contributed by atoms with Crippen molar-refractivity contribution in [3.63, 3.8) is 0 Å². The van der Waals surface area contributed by atoms with Gasteiger partial charge in [-0.1, -0.05) is 28.5 Å². The molecule has 0 saturated carbocycles. The third-order valence-corrected chi connectivity index (χ3v) is 3.41. The third kappa shape index (κ3) is 2.37. The summed E-state index contributed by atoms with van der Waals surface area (Å²) in [7, 11) is 0. The zero-order valence-corrected chi connectivity index (χ0v) is 11.9. The van der Waals surface area contributed by atoms with E-state index in [1.165, 1.54) is 0 Å². The van der Waals surface area contributed by atoms with Crippen LogP contribution in [0.5, 0.6) is 0 Å². The Morgan fingerprint density at radius 1 is 1.00 bits per heavy atom. The van der Waals surface area contributed by atoms with E-state index in [1.54, 1.807) is 6.92 Å². The Balaban J connectivity index is 1.54. The molecule has 3 heterocycles. The van der Waals surface area contributed by atoms with E-state index in [0.717, 1.165) is 16.5 Å². The first-order valence-corrected chi connectivity index (χ1v) is 6.93. The molecule has 7 heteroatoms. The lowest BCUT2D eigenvalue weighted by atomic mass is 10.1. The predicted octanol–water partition coefficient (Wildman–Crippen LogP) is 2.42. The summed E-state index contributed by atoms with van der Waals surface area (Å²) in [5.41, 5.74) is 2.22. The van der Waals surface area contributed by atoms with E-state index in [9.17, 15) is 0 Å². The fraction of sp³-hybridized carbons (Fsp3) is 0.200. The number of nitrogens with one attached hydrogen (secondary N) is 1. The standard InChI is InChI=1S/C15H13N5O2/c1-9-17-13(19-21-9)7-14-18-15(22-20-14)6-10-8-16-12-5-3-2-4-11(10)12/h2-5,8,16H,6-7H2,1H3. The fourth-order valence-electron chi connectivity index (χ4n) is 2.43. The summed E-state index contributed by atoms with van der Waals surface area (Å²) in [5.74, 6) is 2.20. The molecule has 22 heavy (non-hydrogen) atoms. The lowest BCUT2D eigenvalue weighted by Crippen LogP contribution is -1.94. The van der Waals surface area contributed by atoms with Crippen molar-refractivity contribution in [3.05, 3.63) is 59.5 Å². The normalized spacial score (nSPS) is 11.3. The van der Waals surface area contributed by atoms with Gasteiger partial charge < -0.3 is 14.0 Å². The molecule has 0 aliphatic heterocycles. The molecule has 3 aromatic heterocycles. The summed E-state index contributed by atoms with van der Waals surface area (Å²) >= 11 is 0.